The fraction of sp³-hybridized carbons (Fsp3) is 0.500. The van der Waals surface area contributed by atoms with Crippen LogP contribution in [0.25, 0.3) is 0 Å². The summed E-state index contributed by atoms with van der Waals surface area (Å²) in [6.45, 7) is 5.89. The summed E-state index contributed by atoms with van der Waals surface area (Å²) in [5.41, 5.74) is 2.98. The van der Waals surface area contributed by atoms with Crippen molar-refractivity contribution < 1.29 is 10.0 Å². The number of para-hydroxylation sites is 1. The molecule has 1 atom stereocenters. The maximum atomic E-state index is 11.5. The first-order chi connectivity index (χ1) is 9.19. The molecule has 0 aliphatic carbocycles. The van der Waals surface area contributed by atoms with Gasteiger partial charge >= 0.3 is 0 Å². The Balaban J connectivity index is 2.27. The zero-order valence-electron chi connectivity index (χ0n) is 11.3. The van der Waals surface area contributed by atoms with Gasteiger partial charge in [-0.25, -0.2) is 5.48 Å². The quantitative estimate of drug-likeness (QED) is 0.430. The van der Waals surface area contributed by atoms with Gasteiger partial charge in [0.1, 0.15) is 5.69 Å². The Labute approximate surface area is 113 Å². The number of hydrogen-bond acceptors (Lipinski definition) is 3. The van der Waals surface area contributed by atoms with E-state index < -0.39 is 0 Å². The lowest BCUT2D eigenvalue weighted by Gasteiger charge is -2.45. The molecule has 5 heteroatoms. The zero-order chi connectivity index (χ0) is 13.7. The van der Waals surface area contributed by atoms with E-state index >= 15 is 0 Å². The maximum Gasteiger partial charge on any atom is 0.249 e. The highest BCUT2D eigenvalue weighted by Gasteiger charge is 2.38. The molecule has 1 unspecified atom stereocenters. The molecule has 1 aromatic carbocycles. The molecule has 104 valence electrons. The number of piperazine rings is 1. The van der Waals surface area contributed by atoms with E-state index in [4.69, 9.17) is 5.21 Å². The minimum atomic E-state index is -0.320. The average molecular weight is 264 g/mol. The maximum absolute atomic E-state index is 11.5. The molecule has 0 radical (unpaired) electrons. The highest BCUT2D eigenvalue weighted by Crippen LogP contribution is 2.28. The number of rotatable bonds is 4. The van der Waals surface area contributed by atoms with Gasteiger partial charge < -0.3 is 5.32 Å². The summed E-state index contributed by atoms with van der Waals surface area (Å²) in [4.78, 5) is 11.5. The molecule has 0 bridgehead atoms. The molecule has 5 nitrogen and oxygen atoms in total. The SMILES string of the molecule is CC(CC(=O)NO)[N+]1(c2ccccc2)CCNCC1. The van der Waals surface area contributed by atoms with Gasteiger partial charge in [-0.2, -0.15) is 0 Å². The molecule has 1 saturated heterocycles. The Kier molecular flexibility index (Phi) is 4.52. The molecule has 0 spiro atoms. The summed E-state index contributed by atoms with van der Waals surface area (Å²) in [7, 11) is 0. The second-order valence-corrected chi connectivity index (χ2v) is 5.15. The Bertz CT molecular complexity index is 416. The topological polar surface area (TPSA) is 61.4 Å². The number of carbonyl (C=O) groups excluding carboxylic acids is 1. The van der Waals surface area contributed by atoms with Crippen LogP contribution in [0.1, 0.15) is 13.3 Å². The summed E-state index contributed by atoms with van der Waals surface area (Å²) >= 11 is 0. The number of carbonyl (C=O) groups is 1. The van der Waals surface area contributed by atoms with E-state index in [1.807, 2.05) is 18.2 Å². The average Bonchev–Trinajstić information content (AvgIpc) is 2.48. The largest absolute Gasteiger partial charge is 0.306 e. The molecular formula is C14H22N3O2+. The molecule has 2 rings (SSSR count). The zero-order valence-corrected chi connectivity index (χ0v) is 11.3. The van der Waals surface area contributed by atoms with Gasteiger partial charge in [-0.15, -0.1) is 0 Å². The van der Waals surface area contributed by atoms with E-state index in [0.29, 0.717) is 6.42 Å². The second kappa shape index (κ2) is 6.14. The molecule has 0 aromatic heterocycles. The summed E-state index contributed by atoms with van der Waals surface area (Å²) in [5.74, 6) is -0.320. The van der Waals surface area contributed by atoms with Crippen LogP contribution in [0.3, 0.4) is 0 Å². The van der Waals surface area contributed by atoms with Gasteiger partial charge in [-0.3, -0.25) is 14.5 Å². The van der Waals surface area contributed by atoms with Gasteiger partial charge in [0.25, 0.3) is 0 Å². The molecule has 1 fully saturated rings. The van der Waals surface area contributed by atoms with Crippen LogP contribution in [-0.4, -0.2) is 43.3 Å². The third kappa shape index (κ3) is 2.94. The molecular weight excluding hydrogens is 242 g/mol. The van der Waals surface area contributed by atoms with Gasteiger partial charge in [0.15, 0.2) is 0 Å². The Morgan fingerprint density at radius 1 is 1.37 bits per heavy atom. The molecule has 1 heterocycles. The van der Waals surface area contributed by atoms with Crippen molar-refractivity contribution in [3.05, 3.63) is 30.3 Å². The normalized spacial score (nSPS) is 19.7. The minimum absolute atomic E-state index is 0.136. The van der Waals surface area contributed by atoms with Crippen LogP contribution < -0.4 is 15.3 Å². The number of nitrogens with zero attached hydrogens (tertiary/aromatic N) is 1. The van der Waals surface area contributed by atoms with Gasteiger partial charge in [0.2, 0.25) is 5.91 Å². The van der Waals surface area contributed by atoms with Crippen LogP contribution in [0, 0.1) is 0 Å². The fourth-order valence-corrected chi connectivity index (χ4v) is 2.96. The highest BCUT2D eigenvalue weighted by molar-refractivity contribution is 5.75. The Morgan fingerprint density at radius 3 is 2.58 bits per heavy atom. The van der Waals surface area contributed by atoms with Crippen LogP contribution in [0.2, 0.25) is 0 Å². The molecule has 19 heavy (non-hydrogen) atoms. The van der Waals surface area contributed by atoms with E-state index in [1.54, 1.807) is 5.48 Å². The van der Waals surface area contributed by atoms with E-state index in [2.05, 4.69) is 24.4 Å². The Morgan fingerprint density at radius 2 is 2.00 bits per heavy atom. The third-order valence-electron chi connectivity index (χ3n) is 4.09. The number of hydrogen-bond donors (Lipinski definition) is 3. The van der Waals surface area contributed by atoms with Crippen molar-refractivity contribution >= 4 is 11.6 Å². The number of amides is 1. The minimum Gasteiger partial charge on any atom is -0.306 e. The first-order valence-electron chi connectivity index (χ1n) is 6.75. The summed E-state index contributed by atoms with van der Waals surface area (Å²) < 4.78 is 0.793. The molecule has 0 saturated carbocycles. The van der Waals surface area contributed by atoms with E-state index in [9.17, 15) is 4.79 Å². The van der Waals surface area contributed by atoms with Crippen molar-refractivity contribution in [2.24, 2.45) is 0 Å². The van der Waals surface area contributed by atoms with Crippen molar-refractivity contribution in [2.75, 3.05) is 26.2 Å². The first kappa shape index (κ1) is 14.0. The van der Waals surface area contributed by atoms with Crippen molar-refractivity contribution in [3.63, 3.8) is 0 Å². The van der Waals surface area contributed by atoms with Gasteiger partial charge in [-0.1, -0.05) is 18.2 Å². The molecule has 1 aliphatic heterocycles. The molecule has 1 amide bonds. The molecule has 1 aromatic rings. The summed E-state index contributed by atoms with van der Waals surface area (Å²) in [5, 5.41) is 12.1. The monoisotopic (exact) mass is 264 g/mol. The number of hydroxylamine groups is 1. The fourth-order valence-electron chi connectivity index (χ4n) is 2.96. The number of quaternary nitrogens is 1. The second-order valence-electron chi connectivity index (χ2n) is 5.15. The lowest BCUT2D eigenvalue weighted by molar-refractivity contribution is -0.130. The summed E-state index contributed by atoms with van der Waals surface area (Å²) in [6.07, 6.45) is 0.325. The van der Waals surface area contributed by atoms with E-state index in [1.165, 1.54) is 5.69 Å². The van der Waals surface area contributed by atoms with Crippen molar-refractivity contribution in [2.45, 2.75) is 19.4 Å². The molecule has 1 aliphatic rings. The Hall–Kier alpha value is -1.43. The summed E-state index contributed by atoms with van der Waals surface area (Å²) in [6, 6.07) is 10.5. The van der Waals surface area contributed by atoms with Crippen molar-refractivity contribution in [1.29, 1.82) is 0 Å². The van der Waals surface area contributed by atoms with E-state index in [0.717, 1.165) is 30.7 Å². The van der Waals surface area contributed by atoms with E-state index in [-0.39, 0.29) is 11.9 Å². The van der Waals surface area contributed by atoms with Crippen LogP contribution in [0.15, 0.2) is 30.3 Å². The van der Waals surface area contributed by atoms with Crippen LogP contribution in [0.5, 0.6) is 0 Å². The highest BCUT2D eigenvalue weighted by atomic mass is 16.5. The predicted molar refractivity (Wildman–Crippen MR) is 74.8 cm³/mol. The third-order valence-corrected chi connectivity index (χ3v) is 4.09. The van der Waals surface area contributed by atoms with Crippen LogP contribution >= 0.6 is 0 Å². The predicted octanol–water partition coefficient (Wildman–Crippen LogP) is 0.881. The van der Waals surface area contributed by atoms with Crippen LogP contribution in [0.4, 0.5) is 5.69 Å². The van der Waals surface area contributed by atoms with Gasteiger partial charge in [0.05, 0.1) is 25.6 Å². The first-order valence-corrected chi connectivity index (χ1v) is 6.75. The number of nitrogens with one attached hydrogen (secondary N) is 2. The van der Waals surface area contributed by atoms with Crippen LogP contribution in [-0.2, 0) is 4.79 Å². The van der Waals surface area contributed by atoms with Gasteiger partial charge in [0, 0.05) is 13.1 Å². The van der Waals surface area contributed by atoms with Gasteiger partial charge in [-0.05, 0) is 19.1 Å². The lowest BCUT2D eigenvalue weighted by Crippen LogP contribution is -2.64. The standard InChI is InChI=1S/C14H21N3O2/c1-12(11-14(18)16-19)17(9-7-15-8-10-17)13-5-3-2-4-6-13/h2-6,12,15H,7-11H2,1H3,(H-,16,18,19)/p+1. The molecule has 3 N–H and O–H groups in total. The van der Waals surface area contributed by atoms with Crippen molar-refractivity contribution in [3.8, 4) is 0 Å². The lowest BCUT2D eigenvalue weighted by atomic mass is 10.1. The van der Waals surface area contributed by atoms with Crippen molar-refractivity contribution in [1.82, 2.24) is 15.3 Å². The number of benzene rings is 1. The smallest absolute Gasteiger partial charge is 0.249 e.